The van der Waals surface area contributed by atoms with Crippen LogP contribution in [0.5, 0.6) is 0 Å². The van der Waals surface area contributed by atoms with Gasteiger partial charge in [0.25, 0.3) is 0 Å². The van der Waals surface area contributed by atoms with Crippen LogP contribution in [0.1, 0.15) is 6.42 Å². The Kier molecular flexibility index (Phi) is 4.45. The maximum Gasteiger partial charge on any atom is 0.0945 e. The van der Waals surface area contributed by atoms with Gasteiger partial charge in [-0.25, -0.2) is 4.98 Å². The maximum atomic E-state index is 5.94. The van der Waals surface area contributed by atoms with E-state index in [1.807, 2.05) is 30.7 Å². The van der Waals surface area contributed by atoms with E-state index < -0.39 is 0 Å². The van der Waals surface area contributed by atoms with Crippen LogP contribution in [0.15, 0.2) is 41.4 Å². The molecule has 2 aromatic rings. The Bertz CT molecular complexity index is 471. The average Bonchev–Trinajstić information content (AvgIpc) is 2.82. The van der Waals surface area contributed by atoms with Gasteiger partial charge >= 0.3 is 0 Å². The third-order valence-electron chi connectivity index (χ3n) is 2.40. The molecule has 17 heavy (non-hydrogen) atoms. The van der Waals surface area contributed by atoms with Crippen LogP contribution in [0.2, 0.25) is 5.02 Å². The van der Waals surface area contributed by atoms with Gasteiger partial charge in [-0.15, -0.1) is 0 Å². The molecule has 0 saturated carbocycles. The lowest BCUT2D eigenvalue weighted by atomic mass is 10.3. The molecule has 0 aliphatic rings. The van der Waals surface area contributed by atoms with Gasteiger partial charge in [0.2, 0.25) is 0 Å². The van der Waals surface area contributed by atoms with E-state index in [-0.39, 0.29) is 0 Å². The number of nitrogens with zero attached hydrogens (tertiary/aromatic N) is 2. The van der Waals surface area contributed by atoms with Crippen molar-refractivity contribution < 1.29 is 0 Å². The zero-order valence-electron chi connectivity index (χ0n) is 9.24. The van der Waals surface area contributed by atoms with Crippen LogP contribution in [-0.4, -0.2) is 16.1 Å². The lowest BCUT2D eigenvalue weighted by molar-refractivity contribution is 0.660. The summed E-state index contributed by atoms with van der Waals surface area (Å²) in [5.41, 5.74) is 1.03. The summed E-state index contributed by atoms with van der Waals surface area (Å²) in [6.07, 6.45) is 6.63. The zero-order chi connectivity index (χ0) is 12.1. The number of benzene rings is 1. The van der Waals surface area contributed by atoms with E-state index in [9.17, 15) is 0 Å². The Morgan fingerprint density at radius 1 is 1.41 bits per heavy atom. The minimum absolute atomic E-state index is 0.741. The molecule has 0 spiro atoms. The summed E-state index contributed by atoms with van der Waals surface area (Å²) in [6.45, 7) is 1.86. The standard InChI is InChI=1S/C12H13BrClN3/c13-11-3-2-10(14)8-12(11)16-4-1-6-17-7-5-15-9-17/h2-3,5,7-9,16H,1,4,6H2. The number of anilines is 1. The third-order valence-corrected chi connectivity index (χ3v) is 3.32. The number of halogens is 2. The highest BCUT2D eigenvalue weighted by atomic mass is 79.9. The SMILES string of the molecule is Clc1ccc(Br)c(NCCCn2ccnc2)c1. The van der Waals surface area contributed by atoms with Crippen molar-refractivity contribution in [2.24, 2.45) is 0 Å². The molecular formula is C12H13BrClN3. The van der Waals surface area contributed by atoms with Crippen LogP contribution >= 0.6 is 27.5 Å². The maximum absolute atomic E-state index is 5.94. The number of aromatic nitrogens is 2. The normalized spacial score (nSPS) is 10.5. The summed E-state index contributed by atoms with van der Waals surface area (Å²) in [5.74, 6) is 0. The van der Waals surface area contributed by atoms with Crippen molar-refractivity contribution in [3.8, 4) is 0 Å². The van der Waals surface area contributed by atoms with Crippen molar-refractivity contribution in [2.75, 3.05) is 11.9 Å². The van der Waals surface area contributed by atoms with Crippen LogP contribution in [0, 0.1) is 0 Å². The first-order valence-corrected chi connectivity index (χ1v) is 6.57. The average molecular weight is 315 g/mol. The Hall–Kier alpha value is -1.00. The second-order valence-corrected chi connectivity index (χ2v) is 5.00. The van der Waals surface area contributed by atoms with Crippen molar-refractivity contribution in [1.82, 2.24) is 9.55 Å². The van der Waals surface area contributed by atoms with Crippen molar-refractivity contribution in [1.29, 1.82) is 0 Å². The molecule has 1 heterocycles. The first kappa shape index (κ1) is 12.5. The molecule has 5 heteroatoms. The fraction of sp³-hybridized carbons (Fsp3) is 0.250. The van der Waals surface area contributed by atoms with E-state index in [0.29, 0.717) is 0 Å². The Labute approximate surface area is 114 Å². The predicted molar refractivity (Wildman–Crippen MR) is 74.5 cm³/mol. The number of hydrogen-bond acceptors (Lipinski definition) is 2. The molecule has 1 N–H and O–H groups in total. The van der Waals surface area contributed by atoms with Crippen molar-refractivity contribution >= 4 is 33.2 Å². The molecule has 0 fully saturated rings. The first-order chi connectivity index (χ1) is 8.25. The second-order valence-electron chi connectivity index (χ2n) is 3.71. The summed E-state index contributed by atoms with van der Waals surface area (Å²) in [7, 11) is 0. The van der Waals surface area contributed by atoms with Gasteiger partial charge in [-0.3, -0.25) is 0 Å². The van der Waals surface area contributed by atoms with E-state index in [0.717, 1.165) is 34.7 Å². The molecule has 2 rings (SSSR count). The van der Waals surface area contributed by atoms with Crippen molar-refractivity contribution in [3.05, 3.63) is 46.4 Å². The first-order valence-electron chi connectivity index (χ1n) is 5.40. The van der Waals surface area contributed by atoms with E-state index in [2.05, 4.69) is 30.8 Å². The highest BCUT2D eigenvalue weighted by molar-refractivity contribution is 9.10. The molecule has 0 radical (unpaired) electrons. The zero-order valence-corrected chi connectivity index (χ0v) is 11.6. The van der Waals surface area contributed by atoms with Gasteiger partial charge < -0.3 is 9.88 Å². The summed E-state index contributed by atoms with van der Waals surface area (Å²) in [4.78, 5) is 4.00. The molecule has 0 unspecified atom stereocenters. The lowest BCUT2D eigenvalue weighted by Crippen LogP contribution is -2.06. The van der Waals surface area contributed by atoms with Gasteiger partial charge in [0.1, 0.15) is 0 Å². The van der Waals surface area contributed by atoms with E-state index in [4.69, 9.17) is 11.6 Å². The van der Waals surface area contributed by atoms with Gasteiger partial charge in [0.05, 0.1) is 6.33 Å². The topological polar surface area (TPSA) is 29.9 Å². The van der Waals surface area contributed by atoms with Crippen molar-refractivity contribution in [2.45, 2.75) is 13.0 Å². The number of hydrogen-bond donors (Lipinski definition) is 1. The second kappa shape index (κ2) is 6.07. The lowest BCUT2D eigenvalue weighted by Gasteiger charge is -2.09. The van der Waals surface area contributed by atoms with Crippen LogP contribution in [0.25, 0.3) is 0 Å². The van der Waals surface area contributed by atoms with Crippen LogP contribution in [0.4, 0.5) is 5.69 Å². The van der Waals surface area contributed by atoms with Gasteiger partial charge in [-0.05, 0) is 40.5 Å². The summed E-state index contributed by atoms with van der Waals surface area (Å²) >= 11 is 9.42. The molecular weight excluding hydrogens is 302 g/mol. The molecule has 3 nitrogen and oxygen atoms in total. The largest absolute Gasteiger partial charge is 0.384 e. The molecule has 0 amide bonds. The van der Waals surface area contributed by atoms with E-state index >= 15 is 0 Å². The minimum Gasteiger partial charge on any atom is -0.384 e. The summed E-state index contributed by atoms with van der Waals surface area (Å²) in [5, 5.41) is 4.09. The molecule has 0 bridgehead atoms. The summed E-state index contributed by atoms with van der Waals surface area (Å²) < 4.78 is 3.10. The number of rotatable bonds is 5. The predicted octanol–water partition coefficient (Wildman–Crippen LogP) is 3.80. The van der Waals surface area contributed by atoms with Crippen LogP contribution in [0.3, 0.4) is 0 Å². The molecule has 1 aromatic carbocycles. The smallest absolute Gasteiger partial charge is 0.0945 e. The molecule has 0 saturated heterocycles. The molecule has 1 aromatic heterocycles. The summed E-state index contributed by atoms with van der Waals surface area (Å²) in [6, 6.07) is 5.73. The Balaban J connectivity index is 1.80. The Morgan fingerprint density at radius 3 is 3.06 bits per heavy atom. The third kappa shape index (κ3) is 3.75. The van der Waals surface area contributed by atoms with Gasteiger partial charge in [-0.1, -0.05) is 11.6 Å². The fourth-order valence-corrected chi connectivity index (χ4v) is 2.10. The van der Waals surface area contributed by atoms with E-state index in [1.54, 1.807) is 6.20 Å². The number of aryl methyl sites for hydroxylation is 1. The number of nitrogens with one attached hydrogen (secondary N) is 1. The monoisotopic (exact) mass is 313 g/mol. The van der Waals surface area contributed by atoms with Crippen LogP contribution in [-0.2, 0) is 6.54 Å². The van der Waals surface area contributed by atoms with E-state index in [1.165, 1.54) is 0 Å². The minimum atomic E-state index is 0.741. The highest BCUT2D eigenvalue weighted by Crippen LogP contribution is 2.25. The molecule has 0 atom stereocenters. The molecule has 90 valence electrons. The quantitative estimate of drug-likeness (QED) is 0.851. The fourth-order valence-electron chi connectivity index (χ4n) is 1.54. The molecule has 0 aliphatic carbocycles. The Morgan fingerprint density at radius 2 is 2.29 bits per heavy atom. The highest BCUT2D eigenvalue weighted by Gasteiger charge is 1.99. The van der Waals surface area contributed by atoms with Gasteiger partial charge in [0.15, 0.2) is 0 Å². The number of imidazole rings is 1. The van der Waals surface area contributed by atoms with Crippen LogP contribution < -0.4 is 5.32 Å². The van der Waals surface area contributed by atoms with Gasteiger partial charge in [0, 0.05) is 40.7 Å². The van der Waals surface area contributed by atoms with Crippen molar-refractivity contribution in [3.63, 3.8) is 0 Å². The van der Waals surface area contributed by atoms with Gasteiger partial charge in [-0.2, -0.15) is 0 Å². The molecule has 0 aliphatic heterocycles.